The molecule has 0 atom stereocenters. The number of rotatable bonds is 50. The first kappa shape index (κ1) is 72.5. The third-order valence-corrected chi connectivity index (χ3v) is 18.3. The highest BCUT2D eigenvalue weighted by Gasteiger charge is 2.16. The zero-order valence-corrected chi connectivity index (χ0v) is 57.5. The molecular weight excluding hydrogens is 1110 g/mol. The Morgan fingerprint density at radius 1 is 0.217 bits per heavy atom. The lowest BCUT2D eigenvalue weighted by atomic mass is 9.85. The molecule has 0 spiro atoms. The highest BCUT2D eigenvalue weighted by Crippen LogP contribution is 2.37. The molecule has 0 aliphatic rings. The van der Waals surface area contributed by atoms with Gasteiger partial charge in [0.15, 0.2) is 0 Å². The summed E-state index contributed by atoms with van der Waals surface area (Å²) >= 11 is 0. The molecule has 490 valence electrons. The van der Waals surface area contributed by atoms with E-state index in [0.717, 1.165) is 70.9 Å². The summed E-state index contributed by atoms with van der Waals surface area (Å²) < 4.78 is 12.7. The molecule has 0 aromatic heterocycles. The monoisotopic (exact) mass is 1230 g/mol. The van der Waals surface area contributed by atoms with Crippen LogP contribution in [-0.2, 0) is 0 Å². The lowest BCUT2D eigenvalue weighted by molar-refractivity contribution is 0.304. The first-order chi connectivity index (χ1) is 45.6. The predicted octanol–water partition coefficient (Wildman–Crippen LogP) is 28.0. The van der Waals surface area contributed by atoms with Gasteiger partial charge in [0.2, 0.25) is 0 Å². The smallest absolute Gasteiger partial charge is 0.119 e. The second kappa shape index (κ2) is 47.1. The van der Waals surface area contributed by atoms with Crippen molar-refractivity contribution in [3.05, 3.63) is 238 Å². The standard InChI is InChI=1S/C90H118O2/c1-3-5-7-9-11-13-15-17-19-21-23-25-27-29-31-33-35-46-70-91-87-58-48-50-78(75-87)61-64-81-72-80(63-60-77-66-68-86(69-67-77)90(85-56-44-39-45-57-85)89(83-52-40-37-41-53-83)84-54-42-38-43-55-84)73-82(74-81)65-62-79-51-49-59-88(76-79)92-71-47-36-34-32-30-28-26-24-22-20-18-16-14-12-10-8-6-4-2/h37-45,48-69,72-76H,3-36,46-47,70-71H2,1-2H3/b63-60+,64-61+,65-62+. The first-order valence-electron chi connectivity index (χ1n) is 37.3. The van der Waals surface area contributed by atoms with Gasteiger partial charge in [0.05, 0.1) is 13.2 Å². The average Bonchev–Trinajstić information content (AvgIpc) is 0.824. The van der Waals surface area contributed by atoms with Crippen LogP contribution in [0.15, 0.2) is 182 Å². The van der Waals surface area contributed by atoms with E-state index in [1.807, 2.05) is 0 Å². The minimum atomic E-state index is 0.765. The van der Waals surface area contributed by atoms with Crippen molar-refractivity contribution in [1.29, 1.82) is 0 Å². The molecule has 2 heteroatoms. The second-order valence-electron chi connectivity index (χ2n) is 26.3. The number of hydrogen-bond donors (Lipinski definition) is 0. The van der Waals surface area contributed by atoms with Gasteiger partial charge in [0.25, 0.3) is 0 Å². The van der Waals surface area contributed by atoms with E-state index in [1.165, 1.54) is 252 Å². The fourth-order valence-corrected chi connectivity index (χ4v) is 12.9. The second-order valence-corrected chi connectivity index (χ2v) is 26.3. The maximum atomic E-state index is 6.33. The maximum Gasteiger partial charge on any atom is 0.119 e. The van der Waals surface area contributed by atoms with Crippen molar-refractivity contribution in [3.8, 4) is 11.5 Å². The van der Waals surface area contributed by atoms with E-state index >= 15 is 0 Å². The summed E-state index contributed by atoms with van der Waals surface area (Å²) in [6.45, 7) is 6.14. The molecule has 0 saturated carbocycles. The molecule has 7 aromatic carbocycles. The molecule has 0 heterocycles. The molecule has 2 nitrogen and oxygen atoms in total. The van der Waals surface area contributed by atoms with Crippen molar-refractivity contribution in [2.75, 3.05) is 13.2 Å². The van der Waals surface area contributed by atoms with E-state index in [4.69, 9.17) is 9.47 Å². The molecule has 0 aliphatic carbocycles. The summed E-state index contributed by atoms with van der Waals surface area (Å²) in [7, 11) is 0. The molecule has 0 fully saturated rings. The van der Waals surface area contributed by atoms with Gasteiger partial charge in [0.1, 0.15) is 11.5 Å². The quantitative estimate of drug-likeness (QED) is 0.0279. The molecule has 0 amide bonds. The van der Waals surface area contributed by atoms with Gasteiger partial charge < -0.3 is 9.47 Å². The minimum Gasteiger partial charge on any atom is -0.494 e. The van der Waals surface area contributed by atoms with Crippen LogP contribution >= 0.6 is 0 Å². The maximum absolute atomic E-state index is 6.33. The molecule has 0 radical (unpaired) electrons. The Morgan fingerprint density at radius 3 is 0.761 bits per heavy atom. The number of unbranched alkanes of at least 4 members (excludes halogenated alkanes) is 34. The summed E-state index contributed by atoms with van der Waals surface area (Å²) in [5, 5.41) is 0. The Hall–Kier alpha value is -6.90. The van der Waals surface area contributed by atoms with Gasteiger partial charge >= 0.3 is 0 Å². The van der Waals surface area contributed by atoms with Crippen LogP contribution in [0.3, 0.4) is 0 Å². The van der Waals surface area contributed by atoms with Crippen LogP contribution in [0.5, 0.6) is 11.5 Å². The lowest BCUT2D eigenvalue weighted by Gasteiger charge is -2.18. The molecule has 0 saturated heterocycles. The van der Waals surface area contributed by atoms with Crippen LogP contribution in [0.2, 0.25) is 0 Å². The van der Waals surface area contributed by atoms with Crippen LogP contribution in [0.25, 0.3) is 47.6 Å². The van der Waals surface area contributed by atoms with Crippen molar-refractivity contribution < 1.29 is 9.47 Å². The number of ether oxygens (including phenoxy) is 2. The van der Waals surface area contributed by atoms with Crippen molar-refractivity contribution in [2.24, 2.45) is 0 Å². The minimum absolute atomic E-state index is 0.765. The molecule has 0 aliphatic heterocycles. The van der Waals surface area contributed by atoms with E-state index in [2.05, 4.69) is 232 Å². The molecule has 0 N–H and O–H groups in total. The highest BCUT2D eigenvalue weighted by molar-refractivity contribution is 6.04. The van der Waals surface area contributed by atoms with Crippen molar-refractivity contribution in [2.45, 2.75) is 245 Å². The molecule has 7 rings (SSSR count). The van der Waals surface area contributed by atoms with E-state index < -0.39 is 0 Å². The van der Waals surface area contributed by atoms with E-state index in [1.54, 1.807) is 0 Å². The van der Waals surface area contributed by atoms with Gasteiger partial charge in [0, 0.05) is 0 Å². The molecule has 7 aromatic rings. The topological polar surface area (TPSA) is 18.5 Å². The van der Waals surface area contributed by atoms with Gasteiger partial charge in [-0.1, -0.05) is 408 Å². The molecular formula is C90H118O2. The molecule has 0 bridgehead atoms. The van der Waals surface area contributed by atoms with Crippen LogP contribution in [0.4, 0.5) is 0 Å². The summed E-state index contributed by atoms with van der Waals surface area (Å²) in [6.07, 6.45) is 63.2. The summed E-state index contributed by atoms with van der Waals surface area (Å²) in [5.74, 6) is 1.88. The Kier molecular flexibility index (Phi) is 37.1. The fraction of sp³-hybridized carbons (Fsp3) is 0.444. The van der Waals surface area contributed by atoms with E-state index in [9.17, 15) is 0 Å². The van der Waals surface area contributed by atoms with Crippen LogP contribution < -0.4 is 9.47 Å². The van der Waals surface area contributed by atoms with Crippen LogP contribution in [0.1, 0.15) is 301 Å². The third-order valence-electron chi connectivity index (χ3n) is 18.3. The zero-order chi connectivity index (χ0) is 63.8. The van der Waals surface area contributed by atoms with E-state index in [-0.39, 0.29) is 0 Å². The predicted molar refractivity (Wildman–Crippen MR) is 405 cm³/mol. The van der Waals surface area contributed by atoms with Crippen molar-refractivity contribution in [3.63, 3.8) is 0 Å². The van der Waals surface area contributed by atoms with Crippen molar-refractivity contribution in [1.82, 2.24) is 0 Å². The van der Waals surface area contributed by atoms with E-state index in [0.29, 0.717) is 0 Å². The van der Waals surface area contributed by atoms with Gasteiger partial charge in [-0.25, -0.2) is 0 Å². The first-order valence-corrected chi connectivity index (χ1v) is 37.3. The van der Waals surface area contributed by atoms with Crippen LogP contribution in [-0.4, -0.2) is 13.2 Å². The lowest BCUT2D eigenvalue weighted by Crippen LogP contribution is -1.97. The van der Waals surface area contributed by atoms with Gasteiger partial charge in [-0.2, -0.15) is 0 Å². The fourth-order valence-electron chi connectivity index (χ4n) is 12.9. The largest absolute Gasteiger partial charge is 0.494 e. The summed E-state index contributed by atoms with van der Waals surface area (Å²) in [5.41, 5.74) is 14.0. The van der Waals surface area contributed by atoms with Gasteiger partial charge in [-0.15, -0.1) is 0 Å². The summed E-state index contributed by atoms with van der Waals surface area (Å²) in [4.78, 5) is 0. The van der Waals surface area contributed by atoms with Crippen LogP contribution in [0, 0.1) is 0 Å². The number of hydrogen-bond acceptors (Lipinski definition) is 2. The Labute approximate surface area is 561 Å². The highest BCUT2D eigenvalue weighted by atomic mass is 16.5. The zero-order valence-electron chi connectivity index (χ0n) is 57.5. The van der Waals surface area contributed by atoms with Gasteiger partial charge in [-0.3, -0.25) is 0 Å². The van der Waals surface area contributed by atoms with Gasteiger partial charge in [-0.05, 0) is 122 Å². The summed E-state index contributed by atoms with van der Waals surface area (Å²) in [6, 6.07) is 65.5. The Morgan fingerprint density at radius 2 is 0.467 bits per heavy atom. The molecule has 92 heavy (non-hydrogen) atoms. The Balaban J connectivity index is 0.926. The normalized spacial score (nSPS) is 11.6. The average molecular weight is 1230 g/mol. The Bertz CT molecular complexity index is 2950. The third kappa shape index (κ3) is 30.2. The van der Waals surface area contributed by atoms with Crippen molar-refractivity contribution >= 4 is 47.6 Å². The number of benzene rings is 7. The molecule has 0 unspecified atom stereocenters. The SMILES string of the molecule is CCCCCCCCCCCCCCCCCCCCOc1cccc(/C=C/c2cc(/C=C/c3ccc(C(=C(c4ccccc4)c4ccccc4)c4ccccc4)cc3)cc(/C=C/c3cccc(OCCCCCCCCCCCCCCCCCCCC)c3)c2)c1.